The number of aryl methyl sites for hydroxylation is 1. The van der Waals surface area contributed by atoms with Crippen molar-refractivity contribution >= 4 is 34.3 Å². The van der Waals surface area contributed by atoms with Crippen LogP contribution in [0.15, 0.2) is 46.0 Å². The van der Waals surface area contributed by atoms with E-state index >= 15 is 0 Å². The zero-order valence-corrected chi connectivity index (χ0v) is 19.2. The van der Waals surface area contributed by atoms with Crippen molar-refractivity contribution in [1.29, 1.82) is 0 Å². The van der Waals surface area contributed by atoms with Crippen molar-refractivity contribution in [1.82, 2.24) is 4.72 Å². The van der Waals surface area contributed by atoms with Crippen molar-refractivity contribution in [3.63, 3.8) is 0 Å². The van der Waals surface area contributed by atoms with Gasteiger partial charge in [-0.15, -0.1) is 5.73 Å². The highest BCUT2D eigenvalue weighted by atomic mass is 79.9. The molecule has 0 spiro atoms. The molecule has 1 aromatic carbocycles. The zero-order valence-electron chi connectivity index (χ0n) is 15.8. The molecular formula is C18H28BrNO3SSi. The average molecular weight is 446 g/mol. The number of halogens is 1. The third-order valence-corrected chi connectivity index (χ3v) is 10.7. The second kappa shape index (κ2) is 8.80. The van der Waals surface area contributed by atoms with E-state index in [2.05, 4.69) is 60.2 Å². The number of nitrogens with one attached hydrogen (secondary N) is 1. The van der Waals surface area contributed by atoms with E-state index in [9.17, 15) is 8.42 Å². The van der Waals surface area contributed by atoms with E-state index in [-0.39, 0.29) is 16.5 Å². The van der Waals surface area contributed by atoms with Gasteiger partial charge in [-0.3, -0.25) is 0 Å². The first-order valence-corrected chi connectivity index (χ1v) is 13.4. The molecule has 0 fully saturated rings. The summed E-state index contributed by atoms with van der Waals surface area (Å²) in [6, 6.07) is 6.28. The Balaban J connectivity index is 2.96. The topological polar surface area (TPSA) is 55.4 Å². The fraction of sp³-hybridized carbons (Fsp3) is 0.500. The Morgan fingerprint density at radius 2 is 1.84 bits per heavy atom. The highest BCUT2D eigenvalue weighted by Gasteiger charge is 2.37. The van der Waals surface area contributed by atoms with Gasteiger partial charge in [-0.1, -0.05) is 54.4 Å². The Labute approximate surface area is 161 Å². The standard InChI is InChI=1S/C18H28BrNO3SSi/c1-15-9-11-17(12-10-15)24(21,22)20-16(8-7-13-19)14-23-25(5,6)18(2,3)4/h8-13,16,20H,14H2,1-6H3/t7?,16-/m0/s1. The molecule has 0 bridgehead atoms. The van der Waals surface area contributed by atoms with Crippen molar-refractivity contribution < 1.29 is 12.8 Å². The number of hydrogen-bond donors (Lipinski definition) is 1. The smallest absolute Gasteiger partial charge is 0.241 e. The van der Waals surface area contributed by atoms with Crippen molar-refractivity contribution in [2.45, 2.75) is 56.8 Å². The Bertz CT molecular complexity index is 731. The van der Waals surface area contributed by atoms with Crippen LogP contribution in [0.4, 0.5) is 0 Å². The highest BCUT2D eigenvalue weighted by molar-refractivity contribution is 9.11. The SMILES string of the molecule is Cc1ccc(S(=O)(=O)N[C@@H](C=C=CBr)CO[Si](C)(C)C(C)(C)C)cc1. The van der Waals surface area contributed by atoms with Gasteiger partial charge in [0.05, 0.1) is 17.5 Å². The lowest BCUT2D eigenvalue weighted by molar-refractivity contribution is 0.272. The molecule has 25 heavy (non-hydrogen) atoms. The largest absolute Gasteiger partial charge is 0.415 e. The Morgan fingerprint density at radius 3 is 2.32 bits per heavy atom. The number of benzene rings is 1. The molecule has 0 aromatic heterocycles. The maximum atomic E-state index is 12.6. The first-order chi connectivity index (χ1) is 11.4. The van der Waals surface area contributed by atoms with E-state index in [1.165, 1.54) is 0 Å². The van der Waals surface area contributed by atoms with Crippen LogP contribution in [0.5, 0.6) is 0 Å². The zero-order chi connectivity index (χ0) is 19.3. The minimum absolute atomic E-state index is 0.0579. The van der Waals surface area contributed by atoms with Crippen LogP contribution in [0.2, 0.25) is 18.1 Å². The van der Waals surface area contributed by atoms with Gasteiger partial charge in [0.2, 0.25) is 10.0 Å². The van der Waals surface area contributed by atoms with Crippen LogP contribution >= 0.6 is 15.9 Å². The molecule has 0 unspecified atom stereocenters. The summed E-state index contributed by atoms with van der Waals surface area (Å²) in [5, 5.41) is 0.0579. The van der Waals surface area contributed by atoms with E-state index in [1.807, 2.05) is 6.92 Å². The number of hydrogen-bond acceptors (Lipinski definition) is 3. The van der Waals surface area contributed by atoms with Crippen LogP contribution in [0.25, 0.3) is 0 Å². The molecule has 0 saturated heterocycles. The first kappa shape index (κ1) is 22.3. The van der Waals surface area contributed by atoms with E-state index in [0.29, 0.717) is 0 Å². The molecule has 0 radical (unpaired) electrons. The van der Waals surface area contributed by atoms with Crippen molar-refractivity contribution in [2.75, 3.05) is 6.61 Å². The second-order valence-corrected chi connectivity index (χ2v) is 14.5. The molecule has 0 aliphatic rings. The molecule has 7 heteroatoms. The predicted octanol–water partition coefficient (Wildman–Crippen LogP) is 4.73. The van der Waals surface area contributed by atoms with Crippen molar-refractivity contribution in [3.05, 3.63) is 46.6 Å². The molecular weight excluding hydrogens is 418 g/mol. The van der Waals surface area contributed by atoms with Gasteiger partial charge in [0.25, 0.3) is 0 Å². The summed E-state index contributed by atoms with van der Waals surface area (Å²) in [6.45, 7) is 12.9. The van der Waals surface area contributed by atoms with Gasteiger partial charge in [-0.2, -0.15) is 0 Å². The maximum absolute atomic E-state index is 12.6. The van der Waals surface area contributed by atoms with Gasteiger partial charge in [0.15, 0.2) is 8.32 Å². The third kappa shape index (κ3) is 6.85. The van der Waals surface area contributed by atoms with Gasteiger partial charge >= 0.3 is 0 Å². The number of sulfonamides is 1. The molecule has 4 nitrogen and oxygen atoms in total. The summed E-state index contributed by atoms with van der Waals surface area (Å²) < 4.78 is 34.1. The first-order valence-electron chi connectivity index (χ1n) is 8.13. The van der Waals surface area contributed by atoms with Crippen LogP contribution in [0.1, 0.15) is 26.3 Å². The summed E-state index contributed by atoms with van der Waals surface area (Å²) in [7, 11) is -5.60. The summed E-state index contributed by atoms with van der Waals surface area (Å²) in [4.78, 5) is 1.80. The molecule has 1 N–H and O–H groups in total. The Hall–Kier alpha value is -0.693. The Morgan fingerprint density at radius 1 is 1.28 bits per heavy atom. The van der Waals surface area contributed by atoms with E-state index in [4.69, 9.17) is 4.43 Å². The minimum atomic E-state index is -3.62. The van der Waals surface area contributed by atoms with Gasteiger partial charge in [-0.25, -0.2) is 13.1 Å². The Kier molecular flexibility index (Phi) is 7.86. The fourth-order valence-corrected chi connectivity index (χ4v) is 4.12. The fourth-order valence-electron chi connectivity index (χ4n) is 1.77. The van der Waals surface area contributed by atoms with Crippen LogP contribution in [-0.4, -0.2) is 29.4 Å². The average Bonchev–Trinajstić information content (AvgIpc) is 2.49. The monoisotopic (exact) mass is 445 g/mol. The maximum Gasteiger partial charge on any atom is 0.241 e. The van der Waals surface area contributed by atoms with Gasteiger partial charge in [0.1, 0.15) is 0 Å². The van der Waals surface area contributed by atoms with Crippen molar-refractivity contribution in [3.8, 4) is 0 Å². The van der Waals surface area contributed by atoms with Gasteiger partial charge in [0, 0.05) is 4.99 Å². The molecule has 0 aliphatic heterocycles. The van der Waals surface area contributed by atoms with Crippen LogP contribution in [-0.2, 0) is 14.4 Å². The lowest BCUT2D eigenvalue weighted by Gasteiger charge is -2.37. The normalized spacial score (nSPS) is 13.9. The summed E-state index contributed by atoms with van der Waals surface area (Å²) in [5.41, 5.74) is 3.89. The van der Waals surface area contributed by atoms with Crippen LogP contribution < -0.4 is 4.72 Å². The third-order valence-electron chi connectivity index (χ3n) is 4.43. The molecule has 1 aromatic rings. The predicted molar refractivity (Wildman–Crippen MR) is 110 cm³/mol. The van der Waals surface area contributed by atoms with Crippen LogP contribution in [0, 0.1) is 6.92 Å². The quantitative estimate of drug-likeness (QED) is 0.487. The lowest BCUT2D eigenvalue weighted by Crippen LogP contribution is -2.45. The molecule has 0 saturated carbocycles. The summed E-state index contributed by atoms with van der Waals surface area (Å²) in [6.07, 6.45) is 1.66. The lowest BCUT2D eigenvalue weighted by atomic mass is 10.2. The van der Waals surface area contributed by atoms with E-state index in [0.717, 1.165) is 5.56 Å². The van der Waals surface area contributed by atoms with E-state index in [1.54, 1.807) is 35.3 Å². The second-order valence-electron chi connectivity index (χ2n) is 7.55. The minimum Gasteiger partial charge on any atom is -0.415 e. The summed E-state index contributed by atoms with van der Waals surface area (Å²) >= 11 is 3.16. The number of rotatable bonds is 7. The molecule has 140 valence electrons. The highest BCUT2D eigenvalue weighted by Crippen LogP contribution is 2.36. The van der Waals surface area contributed by atoms with Crippen LogP contribution in [0.3, 0.4) is 0 Å². The molecule has 0 aliphatic carbocycles. The summed E-state index contributed by atoms with van der Waals surface area (Å²) in [5.74, 6) is 0. The van der Waals surface area contributed by atoms with Crippen molar-refractivity contribution in [2.24, 2.45) is 0 Å². The molecule has 0 heterocycles. The molecule has 1 atom stereocenters. The van der Waals surface area contributed by atoms with E-state index < -0.39 is 24.4 Å². The van der Waals surface area contributed by atoms with Gasteiger partial charge in [-0.05, 0) is 43.3 Å². The van der Waals surface area contributed by atoms with Gasteiger partial charge < -0.3 is 4.43 Å². The molecule has 0 amide bonds. The molecule has 1 rings (SSSR count).